The molecule has 0 saturated heterocycles. The predicted molar refractivity (Wildman–Crippen MR) is 157 cm³/mol. The quantitative estimate of drug-likeness (QED) is 0.207. The van der Waals surface area contributed by atoms with Gasteiger partial charge in [0.2, 0.25) is 0 Å². The highest BCUT2D eigenvalue weighted by Crippen LogP contribution is 2.27. The van der Waals surface area contributed by atoms with Crippen molar-refractivity contribution in [3.05, 3.63) is 123 Å². The summed E-state index contributed by atoms with van der Waals surface area (Å²) in [6.45, 7) is 3.21. The van der Waals surface area contributed by atoms with Crippen LogP contribution in [0.15, 0.2) is 72.8 Å². The van der Waals surface area contributed by atoms with Gasteiger partial charge >= 0.3 is 6.18 Å². The van der Waals surface area contributed by atoms with Crippen LogP contribution in [0.4, 0.5) is 13.2 Å². The number of ketones is 1. The van der Waals surface area contributed by atoms with Crippen molar-refractivity contribution >= 4 is 23.3 Å². The minimum Gasteiger partial charge on any atom is -0.346 e. The van der Waals surface area contributed by atoms with Crippen LogP contribution in [0.25, 0.3) is 5.69 Å². The van der Waals surface area contributed by atoms with Gasteiger partial charge in [-0.1, -0.05) is 54.1 Å². The van der Waals surface area contributed by atoms with Crippen molar-refractivity contribution in [2.75, 3.05) is 0 Å². The Bertz CT molecular complexity index is 1930. The van der Waals surface area contributed by atoms with E-state index in [1.807, 2.05) is 37.3 Å². The molecule has 1 N–H and O–H groups in total. The predicted octanol–water partition coefficient (Wildman–Crippen LogP) is 5.68. The monoisotopic (exact) mass is 632 g/mol. The first-order valence-corrected chi connectivity index (χ1v) is 13.9. The number of rotatable bonds is 9. The van der Waals surface area contributed by atoms with E-state index in [2.05, 4.69) is 31.9 Å². The molecule has 5 rings (SSSR count). The number of nitrogens with one attached hydrogen (secondary N) is 1. The van der Waals surface area contributed by atoms with Crippen molar-refractivity contribution < 1.29 is 22.8 Å². The van der Waals surface area contributed by atoms with Gasteiger partial charge in [-0.25, -0.2) is 4.68 Å². The highest BCUT2D eigenvalue weighted by Gasteiger charge is 2.37. The van der Waals surface area contributed by atoms with E-state index in [4.69, 9.17) is 11.6 Å². The second-order valence-corrected chi connectivity index (χ2v) is 10.6. The molecule has 2 heterocycles. The molecule has 0 aliphatic rings. The number of aromatic nitrogens is 6. The van der Waals surface area contributed by atoms with Crippen molar-refractivity contribution in [1.29, 1.82) is 5.26 Å². The van der Waals surface area contributed by atoms with Crippen LogP contribution in [0.3, 0.4) is 0 Å². The molecule has 0 aliphatic carbocycles. The zero-order valence-electron chi connectivity index (χ0n) is 23.9. The average Bonchev–Trinajstić information content (AvgIpc) is 3.66. The van der Waals surface area contributed by atoms with E-state index >= 15 is 0 Å². The number of carbonyl (C=O) groups is 2. The van der Waals surface area contributed by atoms with E-state index in [0.717, 1.165) is 10.4 Å². The minimum atomic E-state index is -4.78. The SMILES string of the molecule is Cc1cc(C#N)cc(C(=O)NC(C)c2ccccc2)c1CC(=O)c1cc(Cn2nnc(C(F)(F)F)n2)nn1-c1ccccc1Cl. The van der Waals surface area contributed by atoms with Gasteiger partial charge in [0.15, 0.2) is 5.78 Å². The smallest absolute Gasteiger partial charge is 0.346 e. The lowest BCUT2D eigenvalue weighted by Gasteiger charge is -2.18. The molecule has 3 aromatic carbocycles. The molecule has 14 heteroatoms. The lowest BCUT2D eigenvalue weighted by molar-refractivity contribution is -0.145. The molecular weight excluding hydrogens is 609 g/mol. The first-order valence-electron chi connectivity index (χ1n) is 13.6. The van der Waals surface area contributed by atoms with Crippen LogP contribution in [0, 0.1) is 18.3 Å². The molecule has 0 bridgehead atoms. The number of hydrogen-bond acceptors (Lipinski definition) is 7. The Morgan fingerprint density at radius 3 is 2.42 bits per heavy atom. The molecule has 0 spiro atoms. The number of tetrazole rings is 1. The van der Waals surface area contributed by atoms with Gasteiger partial charge in [0.1, 0.15) is 12.2 Å². The maximum atomic E-state index is 13.9. The summed E-state index contributed by atoms with van der Waals surface area (Å²) in [7, 11) is 0. The minimum absolute atomic E-state index is 0.0574. The standard InChI is InChI=1S/C31H24ClF3N8O2/c1-18-12-20(16-36)13-24(29(45)37-19(2)21-8-4-3-5-9-21)23(18)15-28(44)27-14-22(17-42-40-30(38-41-42)31(33,34)35)39-43(27)26-11-7-6-10-25(26)32/h3-14,19H,15,17H2,1-2H3,(H,37,45). The highest BCUT2D eigenvalue weighted by molar-refractivity contribution is 6.32. The number of carbonyl (C=O) groups excluding carboxylic acids is 2. The van der Waals surface area contributed by atoms with Crippen molar-refractivity contribution in [1.82, 2.24) is 35.3 Å². The Hall–Kier alpha value is -5.35. The van der Waals surface area contributed by atoms with Crippen LogP contribution in [0.5, 0.6) is 0 Å². The first kappa shape index (κ1) is 31.1. The summed E-state index contributed by atoms with van der Waals surface area (Å²) in [6.07, 6.45) is -5.03. The van der Waals surface area contributed by atoms with Gasteiger partial charge in [-0.15, -0.1) is 10.2 Å². The number of amides is 1. The Morgan fingerprint density at radius 2 is 1.76 bits per heavy atom. The molecule has 0 radical (unpaired) electrons. The Labute approximate surface area is 260 Å². The maximum absolute atomic E-state index is 13.9. The fourth-order valence-electron chi connectivity index (χ4n) is 4.75. The molecule has 1 amide bonds. The summed E-state index contributed by atoms with van der Waals surface area (Å²) in [6, 6.07) is 22.0. The Morgan fingerprint density at radius 1 is 1.04 bits per heavy atom. The largest absolute Gasteiger partial charge is 0.455 e. The number of alkyl halides is 3. The molecule has 0 fully saturated rings. The average molecular weight is 633 g/mol. The number of nitriles is 1. The lowest BCUT2D eigenvalue weighted by Crippen LogP contribution is -2.28. The summed E-state index contributed by atoms with van der Waals surface area (Å²) < 4.78 is 40.3. The van der Waals surface area contributed by atoms with Crippen LogP contribution in [0.1, 0.15) is 67.6 Å². The molecule has 1 unspecified atom stereocenters. The molecular formula is C31H24ClF3N8O2. The number of hydrogen-bond donors (Lipinski definition) is 1. The third-order valence-corrected chi connectivity index (χ3v) is 7.29. The fourth-order valence-corrected chi connectivity index (χ4v) is 4.97. The third-order valence-electron chi connectivity index (χ3n) is 6.97. The summed E-state index contributed by atoms with van der Waals surface area (Å²) >= 11 is 6.42. The van der Waals surface area contributed by atoms with E-state index in [1.54, 1.807) is 37.3 Å². The molecule has 1 atom stereocenters. The van der Waals surface area contributed by atoms with Gasteiger partial charge < -0.3 is 5.32 Å². The Kier molecular flexibility index (Phi) is 8.78. The maximum Gasteiger partial charge on any atom is 0.455 e. The van der Waals surface area contributed by atoms with Gasteiger partial charge in [0.25, 0.3) is 11.7 Å². The second kappa shape index (κ2) is 12.7. The molecule has 10 nitrogen and oxygen atoms in total. The van der Waals surface area contributed by atoms with Crippen molar-refractivity contribution in [2.45, 2.75) is 39.0 Å². The van der Waals surface area contributed by atoms with E-state index in [-0.39, 0.29) is 46.5 Å². The number of benzene rings is 3. The fraction of sp³-hybridized carbons (Fsp3) is 0.194. The summed E-state index contributed by atoms with van der Waals surface area (Å²) in [4.78, 5) is 28.2. The van der Waals surface area contributed by atoms with Crippen LogP contribution >= 0.6 is 11.6 Å². The molecule has 228 valence electrons. The van der Waals surface area contributed by atoms with E-state index in [9.17, 15) is 28.0 Å². The summed E-state index contributed by atoms with van der Waals surface area (Å²) in [5.74, 6) is -2.34. The van der Waals surface area contributed by atoms with E-state index in [1.165, 1.54) is 16.8 Å². The molecule has 0 saturated carbocycles. The molecule has 5 aromatic rings. The lowest BCUT2D eigenvalue weighted by atomic mass is 9.93. The van der Waals surface area contributed by atoms with Gasteiger partial charge in [-0.3, -0.25) is 9.59 Å². The molecule has 45 heavy (non-hydrogen) atoms. The second-order valence-electron chi connectivity index (χ2n) is 10.2. The summed E-state index contributed by atoms with van der Waals surface area (Å²) in [5.41, 5.74) is 2.81. The third kappa shape index (κ3) is 6.91. The Balaban J connectivity index is 1.50. The van der Waals surface area contributed by atoms with Gasteiger partial charge in [-0.05, 0) is 66.1 Å². The topological polar surface area (TPSA) is 131 Å². The van der Waals surface area contributed by atoms with Gasteiger partial charge in [0, 0.05) is 12.0 Å². The number of para-hydroxylation sites is 1. The summed E-state index contributed by atoms with van der Waals surface area (Å²) in [5, 5.41) is 27.1. The number of aryl methyl sites for hydroxylation is 1. The zero-order valence-corrected chi connectivity index (χ0v) is 24.6. The highest BCUT2D eigenvalue weighted by atomic mass is 35.5. The van der Waals surface area contributed by atoms with E-state index in [0.29, 0.717) is 16.8 Å². The normalized spacial score (nSPS) is 12.0. The van der Waals surface area contributed by atoms with Crippen molar-refractivity contribution in [3.63, 3.8) is 0 Å². The first-order chi connectivity index (χ1) is 21.4. The molecule has 0 aliphatic heterocycles. The number of halogens is 4. The van der Waals surface area contributed by atoms with Crippen molar-refractivity contribution in [3.8, 4) is 11.8 Å². The van der Waals surface area contributed by atoms with Crippen molar-refractivity contribution in [2.24, 2.45) is 0 Å². The van der Waals surface area contributed by atoms with Crippen LogP contribution in [-0.4, -0.2) is 41.7 Å². The van der Waals surface area contributed by atoms with Crippen LogP contribution in [0.2, 0.25) is 5.02 Å². The van der Waals surface area contributed by atoms with E-state index < -0.39 is 23.7 Å². The van der Waals surface area contributed by atoms with Crippen LogP contribution < -0.4 is 5.32 Å². The van der Waals surface area contributed by atoms with Crippen LogP contribution in [-0.2, 0) is 19.1 Å². The number of Topliss-reactive ketones (excluding diaryl/α,β-unsaturated/α-hetero) is 1. The zero-order chi connectivity index (χ0) is 32.3. The molecule has 2 aromatic heterocycles. The van der Waals surface area contributed by atoms with Gasteiger partial charge in [-0.2, -0.15) is 28.3 Å². The van der Waals surface area contributed by atoms with Gasteiger partial charge in [0.05, 0.1) is 34.1 Å². The number of nitrogens with zero attached hydrogens (tertiary/aromatic N) is 7.